The summed E-state index contributed by atoms with van der Waals surface area (Å²) in [5, 5.41) is 10.1. The smallest absolute Gasteiger partial charge is 0.271 e. The molecule has 0 saturated carbocycles. The van der Waals surface area contributed by atoms with Crippen molar-refractivity contribution in [1.82, 2.24) is 15.4 Å². The highest BCUT2D eigenvalue weighted by Gasteiger charge is 2.14. The van der Waals surface area contributed by atoms with E-state index in [9.17, 15) is 4.79 Å². The number of nitrogens with two attached hydrogens (primary N) is 1. The second-order valence-corrected chi connectivity index (χ2v) is 5.12. The molecule has 3 aromatic rings. The van der Waals surface area contributed by atoms with Gasteiger partial charge in [-0.1, -0.05) is 24.3 Å². The van der Waals surface area contributed by atoms with E-state index in [1.54, 1.807) is 0 Å². The number of primary amides is 1. The van der Waals surface area contributed by atoms with E-state index in [1.165, 1.54) is 5.56 Å². The summed E-state index contributed by atoms with van der Waals surface area (Å²) in [5.41, 5.74) is 8.90. The van der Waals surface area contributed by atoms with Gasteiger partial charge < -0.3 is 10.5 Å². The van der Waals surface area contributed by atoms with Gasteiger partial charge in [-0.2, -0.15) is 15.4 Å². The molecule has 116 valence electrons. The molecule has 0 fully saturated rings. The number of H-pyrrole nitrogens is 1. The lowest BCUT2D eigenvalue weighted by atomic mass is 10.1. The van der Waals surface area contributed by atoms with Crippen LogP contribution >= 0.6 is 0 Å². The van der Waals surface area contributed by atoms with E-state index in [-0.39, 0.29) is 5.69 Å². The number of carbonyl (C=O) groups is 1. The zero-order valence-electron chi connectivity index (χ0n) is 12.6. The van der Waals surface area contributed by atoms with Gasteiger partial charge in [0.25, 0.3) is 5.91 Å². The maximum absolute atomic E-state index is 11.3. The number of ether oxygens (including phenoxy) is 1. The van der Waals surface area contributed by atoms with Crippen molar-refractivity contribution in [3.8, 4) is 17.0 Å². The minimum absolute atomic E-state index is 0.124. The van der Waals surface area contributed by atoms with Crippen molar-refractivity contribution in [3.63, 3.8) is 0 Å². The van der Waals surface area contributed by atoms with Crippen LogP contribution in [0.4, 0.5) is 0 Å². The Hall–Kier alpha value is -3.15. The molecule has 1 aromatic heterocycles. The van der Waals surface area contributed by atoms with Crippen LogP contribution in [-0.4, -0.2) is 21.3 Å². The van der Waals surface area contributed by atoms with Crippen LogP contribution in [0.1, 0.15) is 21.6 Å². The van der Waals surface area contributed by atoms with Crippen molar-refractivity contribution >= 4 is 5.91 Å². The van der Waals surface area contributed by atoms with Crippen molar-refractivity contribution in [1.29, 1.82) is 0 Å². The zero-order chi connectivity index (χ0) is 16.2. The van der Waals surface area contributed by atoms with Crippen LogP contribution in [0.15, 0.2) is 48.5 Å². The fourth-order valence-corrected chi connectivity index (χ4v) is 2.25. The van der Waals surface area contributed by atoms with Crippen LogP contribution in [0, 0.1) is 6.92 Å². The fourth-order valence-electron chi connectivity index (χ4n) is 2.25. The third-order valence-electron chi connectivity index (χ3n) is 3.56. The van der Waals surface area contributed by atoms with Crippen molar-refractivity contribution in [2.45, 2.75) is 13.5 Å². The molecule has 1 heterocycles. The monoisotopic (exact) mass is 308 g/mol. The molecule has 0 bridgehead atoms. The van der Waals surface area contributed by atoms with Crippen LogP contribution in [0.2, 0.25) is 0 Å². The van der Waals surface area contributed by atoms with E-state index in [4.69, 9.17) is 10.5 Å². The number of nitrogens with one attached hydrogen (secondary N) is 1. The van der Waals surface area contributed by atoms with Gasteiger partial charge in [-0.3, -0.25) is 4.79 Å². The number of carbonyl (C=O) groups excluding carboxylic acids is 1. The van der Waals surface area contributed by atoms with E-state index >= 15 is 0 Å². The van der Waals surface area contributed by atoms with Gasteiger partial charge in [-0.15, -0.1) is 0 Å². The lowest BCUT2D eigenvalue weighted by molar-refractivity contribution is 0.0996. The summed E-state index contributed by atoms with van der Waals surface area (Å²) in [6, 6.07) is 15.4. The maximum Gasteiger partial charge on any atom is 0.271 e. The number of aromatic amines is 1. The van der Waals surface area contributed by atoms with E-state index in [0.29, 0.717) is 12.3 Å². The number of nitrogens with zero attached hydrogens (tertiary/aromatic N) is 2. The first-order valence-corrected chi connectivity index (χ1v) is 7.13. The first-order valence-electron chi connectivity index (χ1n) is 7.13. The minimum atomic E-state index is -0.617. The highest BCUT2D eigenvalue weighted by Crippen LogP contribution is 2.23. The molecule has 1 amide bonds. The summed E-state index contributed by atoms with van der Waals surface area (Å²) in [4.78, 5) is 11.3. The average Bonchev–Trinajstić information content (AvgIpc) is 3.04. The number of aromatic nitrogens is 3. The molecule has 0 aliphatic carbocycles. The molecular weight excluding hydrogens is 292 g/mol. The molecule has 0 atom stereocenters. The van der Waals surface area contributed by atoms with Crippen LogP contribution in [0.25, 0.3) is 11.3 Å². The third-order valence-corrected chi connectivity index (χ3v) is 3.56. The normalized spacial score (nSPS) is 10.5. The number of hydrogen-bond acceptors (Lipinski definition) is 4. The van der Waals surface area contributed by atoms with Crippen LogP contribution < -0.4 is 10.5 Å². The molecule has 0 aliphatic heterocycles. The van der Waals surface area contributed by atoms with Gasteiger partial charge >= 0.3 is 0 Å². The molecule has 0 saturated heterocycles. The standard InChI is InChI=1S/C17H16N4O2/c1-11-4-2-3-5-13(11)10-23-14-8-6-12(7-9-14)15-16(17(18)22)20-21-19-15/h2-9H,10H2,1H3,(H2,18,22)(H,19,20,21). The number of benzene rings is 2. The molecular formula is C17H16N4O2. The summed E-state index contributed by atoms with van der Waals surface area (Å²) in [5.74, 6) is 0.120. The highest BCUT2D eigenvalue weighted by atomic mass is 16.5. The molecule has 0 spiro atoms. The van der Waals surface area contributed by atoms with Crippen LogP contribution in [0.3, 0.4) is 0 Å². The summed E-state index contributed by atoms with van der Waals surface area (Å²) in [6.07, 6.45) is 0. The van der Waals surface area contributed by atoms with Crippen molar-refractivity contribution < 1.29 is 9.53 Å². The van der Waals surface area contributed by atoms with Crippen molar-refractivity contribution in [2.75, 3.05) is 0 Å². The lowest BCUT2D eigenvalue weighted by Crippen LogP contribution is -2.12. The Morgan fingerprint density at radius 1 is 1.13 bits per heavy atom. The fraction of sp³-hybridized carbons (Fsp3) is 0.118. The van der Waals surface area contributed by atoms with E-state index < -0.39 is 5.91 Å². The maximum atomic E-state index is 11.3. The summed E-state index contributed by atoms with van der Waals surface area (Å²) in [7, 11) is 0. The van der Waals surface area contributed by atoms with Gasteiger partial charge in [0.15, 0.2) is 5.69 Å². The second kappa shape index (κ2) is 6.31. The molecule has 0 radical (unpaired) electrons. The van der Waals surface area contributed by atoms with Gasteiger partial charge in [0, 0.05) is 5.56 Å². The molecule has 0 unspecified atom stereocenters. The minimum Gasteiger partial charge on any atom is -0.489 e. The van der Waals surface area contributed by atoms with E-state index in [0.717, 1.165) is 16.9 Å². The predicted molar refractivity (Wildman–Crippen MR) is 85.8 cm³/mol. The Labute approximate surface area is 133 Å². The number of hydrogen-bond donors (Lipinski definition) is 2. The number of aryl methyl sites for hydroxylation is 1. The Balaban J connectivity index is 1.74. The van der Waals surface area contributed by atoms with Crippen molar-refractivity contribution in [2.24, 2.45) is 5.73 Å². The van der Waals surface area contributed by atoms with Crippen LogP contribution in [-0.2, 0) is 6.61 Å². The quantitative estimate of drug-likeness (QED) is 0.757. The molecule has 3 N–H and O–H groups in total. The molecule has 2 aromatic carbocycles. The number of rotatable bonds is 5. The van der Waals surface area contributed by atoms with Gasteiger partial charge in [0.1, 0.15) is 18.1 Å². The first-order chi connectivity index (χ1) is 11.1. The van der Waals surface area contributed by atoms with E-state index in [1.807, 2.05) is 42.5 Å². The Kier molecular flexibility index (Phi) is 4.05. The molecule has 6 nitrogen and oxygen atoms in total. The summed E-state index contributed by atoms with van der Waals surface area (Å²) < 4.78 is 5.79. The number of amides is 1. The lowest BCUT2D eigenvalue weighted by Gasteiger charge is -2.09. The Morgan fingerprint density at radius 3 is 2.57 bits per heavy atom. The SMILES string of the molecule is Cc1ccccc1COc1ccc(-c2n[nH]nc2C(N)=O)cc1. The van der Waals surface area contributed by atoms with Gasteiger partial charge in [0.2, 0.25) is 0 Å². The first kappa shape index (κ1) is 14.8. The van der Waals surface area contributed by atoms with E-state index in [2.05, 4.69) is 28.4 Å². The largest absolute Gasteiger partial charge is 0.489 e. The summed E-state index contributed by atoms with van der Waals surface area (Å²) in [6.45, 7) is 2.56. The molecule has 23 heavy (non-hydrogen) atoms. The van der Waals surface area contributed by atoms with Crippen LogP contribution in [0.5, 0.6) is 5.75 Å². The van der Waals surface area contributed by atoms with Gasteiger partial charge in [-0.25, -0.2) is 0 Å². The van der Waals surface area contributed by atoms with Gasteiger partial charge in [-0.05, 0) is 42.3 Å². The predicted octanol–water partition coefficient (Wildman–Crippen LogP) is 2.46. The Bertz CT molecular complexity index is 825. The zero-order valence-corrected chi connectivity index (χ0v) is 12.6. The molecule has 6 heteroatoms. The van der Waals surface area contributed by atoms with Gasteiger partial charge in [0.05, 0.1) is 0 Å². The topological polar surface area (TPSA) is 93.9 Å². The second-order valence-electron chi connectivity index (χ2n) is 5.12. The van der Waals surface area contributed by atoms with Crippen molar-refractivity contribution in [3.05, 3.63) is 65.4 Å². The Morgan fingerprint density at radius 2 is 1.87 bits per heavy atom. The molecule has 3 rings (SSSR count). The average molecular weight is 308 g/mol. The third kappa shape index (κ3) is 3.21. The molecule has 0 aliphatic rings. The highest BCUT2D eigenvalue weighted by molar-refractivity contribution is 5.96. The summed E-state index contributed by atoms with van der Waals surface area (Å²) >= 11 is 0.